The summed E-state index contributed by atoms with van der Waals surface area (Å²) >= 11 is 0. The molecule has 0 atom stereocenters. The van der Waals surface area contributed by atoms with Gasteiger partial charge in [-0.25, -0.2) is 4.98 Å². The number of H-pyrrole nitrogens is 1. The summed E-state index contributed by atoms with van der Waals surface area (Å²) < 4.78 is 0. The molecule has 0 bridgehead atoms. The molecule has 6 heteroatoms. The van der Waals surface area contributed by atoms with Gasteiger partial charge in [-0.2, -0.15) is 4.98 Å². The monoisotopic (exact) mass is 258 g/mol. The van der Waals surface area contributed by atoms with Gasteiger partial charge in [0, 0.05) is 44.0 Å². The Morgan fingerprint density at radius 2 is 2.32 bits per heavy atom. The molecule has 19 heavy (non-hydrogen) atoms. The Bertz CT molecular complexity index is 563. The summed E-state index contributed by atoms with van der Waals surface area (Å²) in [6.45, 7) is 2.53. The van der Waals surface area contributed by atoms with Crippen LogP contribution in [0, 0.1) is 0 Å². The topological polar surface area (TPSA) is 82.9 Å². The predicted octanol–water partition coefficient (Wildman–Crippen LogP) is 0.669. The lowest BCUT2D eigenvalue weighted by atomic mass is 10.1. The van der Waals surface area contributed by atoms with E-state index in [1.807, 2.05) is 19.3 Å². The number of aromatic nitrogens is 3. The minimum Gasteiger partial charge on any atom is -0.368 e. The maximum Gasteiger partial charge on any atom is 0.222 e. The summed E-state index contributed by atoms with van der Waals surface area (Å²) in [4.78, 5) is 14.1. The molecule has 3 heterocycles. The van der Waals surface area contributed by atoms with Crippen LogP contribution in [0.5, 0.6) is 0 Å². The maximum atomic E-state index is 5.82. The average Bonchev–Trinajstić information content (AvgIpc) is 2.90. The SMILES string of the molecule is CN(Cc1ccc[nH]1)c1nc(N)nc2c1CNCC2. The van der Waals surface area contributed by atoms with Gasteiger partial charge in [0.05, 0.1) is 12.2 Å². The van der Waals surface area contributed by atoms with Gasteiger partial charge in [0.15, 0.2) is 0 Å². The second-order valence-electron chi connectivity index (χ2n) is 4.81. The van der Waals surface area contributed by atoms with Gasteiger partial charge in [0.25, 0.3) is 0 Å². The van der Waals surface area contributed by atoms with Crippen LogP contribution in [0.1, 0.15) is 17.0 Å². The Morgan fingerprint density at radius 1 is 1.42 bits per heavy atom. The first-order chi connectivity index (χ1) is 9.24. The van der Waals surface area contributed by atoms with Crippen LogP contribution in [0.4, 0.5) is 11.8 Å². The van der Waals surface area contributed by atoms with E-state index < -0.39 is 0 Å². The number of hydrogen-bond acceptors (Lipinski definition) is 5. The van der Waals surface area contributed by atoms with E-state index in [0.717, 1.165) is 48.8 Å². The van der Waals surface area contributed by atoms with E-state index in [9.17, 15) is 0 Å². The zero-order valence-electron chi connectivity index (χ0n) is 11.0. The van der Waals surface area contributed by atoms with Gasteiger partial charge < -0.3 is 20.9 Å². The molecular formula is C13H18N6. The molecular weight excluding hydrogens is 240 g/mol. The highest BCUT2D eigenvalue weighted by atomic mass is 15.2. The van der Waals surface area contributed by atoms with Crippen molar-refractivity contribution in [3.05, 3.63) is 35.3 Å². The summed E-state index contributed by atoms with van der Waals surface area (Å²) in [6, 6.07) is 4.06. The average molecular weight is 258 g/mol. The number of nitrogens with zero attached hydrogens (tertiary/aromatic N) is 3. The smallest absolute Gasteiger partial charge is 0.222 e. The first kappa shape index (κ1) is 12.0. The normalized spacial score (nSPS) is 14.2. The van der Waals surface area contributed by atoms with Crippen molar-refractivity contribution in [3.63, 3.8) is 0 Å². The number of anilines is 2. The molecule has 0 aliphatic carbocycles. The fraction of sp³-hybridized carbons (Fsp3) is 0.385. The van der Waals surface area contributed by atoms with Gasteiger partial charge in [-0.05, 0) is 12.1 Å². The molecule has 0 amide bonds. The minimum atomic E-state index is 0.356. The van der Waals surface area contributed by atoms with Gasteiger partial charge in [0.2, 0.25) is 5.95 Å². The molecule has 0 unspecified atom stereocenters. The second-order valence-corrected chi connectivity index (χ2v) is 4.81. The van der Waals surface area contributed by atoms with Crippen LogP contribution in [-0.2, 0) is 19.5 Å². The van der Waals surface area contributed by atoms with Crippen molar-refractivity contribution in [3.8, 4) is 0 Å². The Hall–Kier alpha value is -2.08. The van der Waals surface area contributed by atoms with Gasteiger partial charge in [-0.15, -0.1) is 0 Å². The van der Waals surface area contributed by atoms with Crippen LogP contribution >= 0.6 is 0 Å². The molecule has 0 aromatic carbocycles. The molecule has 100 valence electrons. The van der Waals surface area contributed by atoms with E-state index in [4.69, 9.17) is 5.73 Å². The molecule has 2 aromatic rings. The highest BCUT2D eigenvalue weighted by molar-refractivity contribution is 5.52. The standard InChI is InChI=1S/C13H18N6/c1-19(8-9-3-2-5-16-9)12-10-7-15-6-4-11(10)17-13(14)18-12/h2-3,5,15-16H,4,6-8H2,1H3,(H2,14,17,18). The molecule has 2 aromatic heterocycles. The summed E-state index contributed by atoms with van der Waals surface area (Å²) in [7, 11) is 2.03. The zero-order valence-corrected chi connectivity index (χ0v) is 11.0. The molecule has 1 aliphatic rings. The lowest BCUT2D eigenvalue weighted by molar-refractivity contribution is 0.624. The van der Waals surface area contributed by atoms with Crippen molar-refractivity contribution in [2.24, 2.45) is 0 Å². The lowest BCUT2D eigenvalue weighted by Gasteiger charge is -2.25. The third kappa shape index (κ3) is 2.39. The van der Waals surface area contributed by atoms with Gasteiger partial charge in [-0.3, -0.25) is 0 Å². The van der Waals surface area contributed by atoms with E-state index in [1.165, 1.54) is 0 Å². The molecule has 0 radical (unpaired) electrons. The van der Waals surface area contributed by atoms with E-state index in [0.29, 0.717) is 5.95 Å². The van der Waals surface area contributed by atoms with E-state index >= 15 is 0 Å². The van der Waals surface area contributed by atoms with E-state index in [1.54, 1.807) is 0 Å². The molecule has 0 saturated heterocycles. The fourth-order valence-electron chi connectivity index (χ4n) is 2.46. The summed E-state index contributed by atoms with van der Waals surface area (Å²) in [6.07, 6.45) is 2.83. The second kappa shape index (κ2) is 4.89. The molecule has 3 rings (SSSR count). The van der Waals surface area contributed by atoms with Crippen molar-refractivity contribution in [2.75, 3.05) is 24.2 Å². The quantitative estimate of drug-likeness (QED) is 0.753. The summed E-state index contributed by atoms with van der Waals surface area (Å²) in [5, 5.41) is 3.36. The maximum absolute atomic E-state index is 5.82. The zero-order chi connectivity index (χ0) is 13.2. The number of nitrogens with two attached hydrogens (primary N) is 1. The summed E-state index contributed by atoms with van der Waals surface area (Å²) in [5.74, 6) is 1.28. The molecule has 0 saturated carbocycles. The number of rotatable bonds is 3. The van der Waals surface area contributed by atoms with Gasteiger partial charge in [-0.1, -0.05) is 0 Å². The Morgan fingerprint density at radius 3 is 3.11 bits per heavy atom. The van der Waals surface area contributed by atoms with Crippen molar-refractivity contribution in [1.82, 2.24) is 20.3 Å². The summed E-state index contributed by atoms with van der Waals surface area (Å²) in [5.41, 5.74) is 9.20. The van der Waals surface area contributed by atoms with Crippen LogP contribution in [0.3, 0.4) is 0 Å². The van der Waals surface area contributed by atoms with Gasteiger partial charge >= 0.3 is 0 Å². The third-order valence-corrected chi connectivity index (χ3v) is 3.36. The van der Waals surface area contributed by atoms with Crippen molar-refractivity contribution in [2.45, 2.75) is 19.5 Å². The number of hydrogen-bond donors (Lipinski definition) is 3. The Kier molecular flexibility index (Phi) is 3.08. The molecule has 0 spiro atoms. The van der Waals surface area contributed by atoms with Gasteiger partial charge in [0.1, 0.15) is 5.82 Å². The molecule has 0 fully saturated rings. The van der Waals surface area contributed by atoms with Crippen LogP contribution in [-0.4, -0.2) is 28.5 Å². The van der Waals surface area contributed by atoms with Crippen LogP contribution in [0.25, 0.3) is 0 Å². The van der Waals surface area contributed by atoms with Crippen molar-refractivity contribution >= 4 is 11.8 Å². The number of nitrogen functional groups attached to an aromatic ring is 1. The lowest BCUT2D eigenvalue weighted by Crippen LogP contribution is -2.29. The number of nitrogens with one attached hydrogen (secondary N) is 2. The number of fused-ring (bicyclic) bond motifs is 1. The third-order valence-electron chi connectivity index (χ3n) is 3.36. The van der Waals surface area contributed by atoms with E-state index in [-0.39, 0.29) is 0 Å². The largest absolute Gasteiger partial charge is 0.368 e. The number of aromatic amines is 1. The van der Waals surface area contributed by atoms with Crippen LogP contribution in [0.2, 0.25) is 0 Å². The molecule has 6 nitrogen and oxygen atoms in total. The Balaban J connectivity index is 1.92. The molecule has 4 N–H and O–H groups in total. The minimum absolute atomic E-state index is 0.356. The molecule has 1 aliphatic heterocycles. The van der Waals surface area contributed by atoms with E-state index in [2.05, 4.69) is 31.2 Å². The predicted molar refractivity (Wildman–Crippen MR) is 74.8 cm³/mol. The van der Waals surface area contributed by atoms with Crippen molar-refractivity contribution < 1.29 is 0 Å². The van der Waals surface area contributed by atoms with Crippen molar-refractivity contribution in [1.29, 1.82) is 0 Å². The van der Waals surface area contributed by atoms with Crippen LogP contribution < -0.4 is 16.0 Å². The Labute approximate surface area is 112 Å². The highest BCUT2D eigenvalue weighted by Gasteiger charge is 2.19. The van der Waals surface area contributed by atoms with Crippen LogP contribution in [0.15, 0.2) is 18.3 Å². The first-order valence-corrected chi connectivity index (χ1v) is 6.43. The first-order valence-electron chi connectivity index (χ1n) is 6.43. The fourth-order valence-corrected chi connectivity index (χ4v) is 2.46. The highest BCUT2D eigenvalue weighted by Crippen LogP contribution is 2.24.